The van der Waals surface area contributed by atoms with Gasteiger partial charge in [0.05, 0.1) is 10.9 Å². The summed E-state index contributed by atoms with van der Waals surface area (Å²) in [5, 5.41) is 6.94. The predicted molar refractivity (Wildman–Crippen MR) is 155 cm³/mol. The normalized spacial score (nSPS) is 16.5. The Hall–Kier alpha value is -2.56. The number of rotatable bonds is 6. The molecule has 190 valence electrons. The molecular weight excluding hydrogens is 467 g/mol. The number of H-pyrrole nitrogens is 1. The van der Waals surface area contributed by atoms with Gasteiger partial charge in [-0.25, -0.2) is 0 Å². The first-order valence-electron chi connectivity index (χ1n) is 13.2. The lowest BCUT2D eigenvalue weighted by molar-refractivity contribution is 0.204. The van der Waals surface area contributed by atoms with Gasteiger partial charge in [0.2, 0.25) is 0 Å². The van der Waals surface area contributed by atoms with Crippen molar-refractivity contribution in [3.8, 4) is 0 Å². The minimum Gasteiger partial charge on any atom is -0.340 e. The van der Waals surface area contributed by atoms with E-state index in [1.807, 2.05) is 6.92 Å². The predicted octanol–water partition coefficient (Wildman–Crippen LogP) is 5.92. The van der Waals surface area contributed by atoms with Crippen LogP contribution in [0.2, 0.25) is 0 Å². The number of nitroso groups, excluding NO2 is 1. The van der Waals surface area contributed by atoms with Crippen LogP contribution in [-0.2, 0) is 6.42 Å². The monoisotopic (exact) mass is 504 g/mol. The molecule has 36 heavy (non-hydrogen) atoms. The van der Waals surface area contributed by atoms with E-state index in [0.717, 1.165) is 77.0 Å². The first-order chi connectivity index (χ1) is 17.2. The SMILES string of the molecule is CCc1cc2c(=O)c3c4ccc(C)cc4[nH]c3n(C(C)C)c2c(P)c1C1CCN(CC(C)N=O)CC1. The molecule has 1 aliphatic heterocycles. The molecule has 2 aromatic heterocycles. The molecule has 0 saturated carbocycles. The Morgan fingerprint density at radius 1 is 1.14 bits per heavy atom. The molecule has 1 N–H and O–H groups in total. The topological polar surface area (TPSA) is 70.5 Å². The van der Waals surface area contributed by atoms with E-state index in [1.54, 1.807) is 0 Å². The molecular formula is C29H37N4O2P. The summed E-state index contributed by atoms with van der Waals surface area (Å²) in [7, 11) is 3.02. The maximum absolute atomic E-state index is 14.0. The van der Waals surface area contributed by atoms with E-state index in [0.29, 0.717) is 5.92 Å². The molecule has 2 unspecified atom stereocenters. The third-order valence-electron chi connectivity index (χ3n) is 7.95. The first kappa shape index (κ1) is 25.1. The Bertz CT molecular complexity index is 1530. The molecule has 4 aromatic rings. The molecule has 6 nitrogen and oxygen atoms in total. The zero-order valence-corrected chi connectivity index (χ0v) is 23.2. The summed E-state index contributed by atoms with van der Waals surface area (Å²) in [5.41, 5.74) is 6.90. The average molecular weight is 505 g/mol. The highest BCUT2D eigenvalue weighted by atomic mass is 31.0. The molecule has 1 saturated heterocycles. The van der Waals surface area contributed by atoms with Gasteiger partial charge in [0.25, 0.3) is 0 Å². The van der Waals surface area contributed by atoms with Gasteiger partial charge in [-0.3, -0.25) is 4.79 Å². The van der Waals surface area contributed by atoms with Crippen LogP contribution >= 0.6 is 9.24 Å². The van der Waals surface area contributed by atoms with E-state index >= 15 is 0 Å². The number of hydrogen-bond donors (Lipinski definition) is 1. The van der Waals surface area contributed by atoms with E-state index in [9.17, 15) is 9.70 Å². The van der Waals surface area contributed by atoms with Crippen LogP contribution in [0.4, 0.5) is 0 Å². The molecule has 0 aliphatic carbocycles. The number of pyridine rings is 1. The van der Waals surface area contributed by atoms with E-state index in [-0.39, 0.29) is 17.5 Å². The number of aryl methyl sites for hydroxylation is 2. The quantitative estimate of drug-likeness (QED) is 0.262. The van der Waals surface area contributed by atoms with Crippen molar-refractivity contribution < 1.29 is 0 Å². The van der Waals surface area contributed by atoms with Gasteiger partial charge in [-0.05, 0) is 100 Å². The maximum atomic E-state index is 14.0. The zero-order valence-electron chi connectivity index (χ0n) is 22.0. The molecule has 7 heteroatoms. The van der Waals surface area contributed by atoms with Crippen molar-refractivity contribution >= 4 is 47.4 Å². The number of nitrogens with zero attached hydrogens (tertiary/aromatic N) is 3. The van der Waals surface area contributed by atoms with Gasteiger partial charge in [0.15, 0.2) is 5.43 Å². The van der Waals surface area contributed by atoms with Crippen molar-refractivity contribution in [2.24, 2.45) is 5.18 Å². The molecule has 0 radical (unpaired) electrons. The fourth-order valence-corrected chi connectivity index (χ4v) is 6.97. The number of hydrogen-bond acceptors (Lipinski definition) is 4. The van der Waals surface area contributed by atoms with Gasteiger partial charge in [0, 0.05) is 28.9 Å². The van der Waals surface area contributed by atoms with Crippen molar-refractivity contribution in [1.82, 2.24) is 14.5 Å². The molecule has 5 rings (SSSR count). The highest BCUT2D eigenvalue weighted by Gasteiger charge is 2.28. The minimum atomic E-state index is -0.173. The molecule has 2 aromatic carbocycles. The largest absolute Gasteiger partial charge is 0.340 e. The Morgan fingerprint density at radius 2 is 1.86 bits per heavy atom. The summed E-state index contributed by atoms with van der Waals surface area (Å²) in [6, 6.07) is 8.48. The number of fused-ring (bicyclic) bond motifs is 4. The van der Waals surface area contributed by atoms with Crippen LogP contribution in [0.15, 0.2) is 34.2 Å². The lowest BCUT2D eigenvalue weighted by atomic mass is 9.84. The van der Waals surface area contributed by atoms with Crippen molar-refractivity contribution in [3.05, 3.63) is 56.1 Å². The van der Waals surface area contributed by atoms with Crippen molar-refractivity contribution in [2.45, 2.75) is 71.9 Å². The molecule has 3 heterocycles. The summed E-state index contributed by atoms with van der Waals surface area (Å²) >= 11 is 0. The third-order valence-corrected chi connectivity index (χ3v) is 8.53. The average Bonchev–Trinajstić information content (AvgIpc) is 3.23. The molecule has 1 fully saturated rings. The van der Waals surface area contributed by atoms with Gasteiger partial charge in [-0.2, -0.15) is 4.91 Å². The van der Waals surface area contributed by atoms with Gasteiger partial charge in [-0.15, -0.1) is 9.24 Å². The zero-order chi connectivity index (χ0) is 25.7. The van der Waals surface area contributed by atoms with Crippen LogP contribution < -0.4 is 10.7 Å². The van der Waals surface area contributed by atoms with Crippen molar-refractivity contribution in [1.29, 1.82) is 0 Å². The lowest BCUT2D eigenvalue weighted by Gasteiger charge is -2.34. The summed E-state index contributed by atoms with van der Waals surface area (Å²) < 4.78 is 2.33. The van der Waals surface area contributed by atoms with E-state index in [1.165, 1.54) is 16.7 Å². The highest BCUT2D eigenvalue weighted by molar-refractivity contribution is 7.28. The second-order valence-corrected chi connectivity index (χ2v) is 11.4. The first-order valence-corrected chi connectivity index (χ1v) is 13.8. The second kappa shape index (κ2) is 9.72. The van der Waals surface area contributed by atoms with Crippen molar-refractivity contribution in [3.63, 3.8) is 0 Å². The van der Waals surface area contributed by atoms with Crippen LogP contribution in [-0.4, -0.2) is 40.1 Å². The Balaban J connectivity index is 1.72. The smallest absolute Gasteiger partial charge is 0.199 e. The number of aromatic amines is 1. The third kappa shape index (κ3) is 4.09. The molecule has 1 aliphatic rings. The summed E-state index contributed by atoms with van der Waals surface area (Å²) in [6.07, 6.45) is 2.99. The fraction of sp³-hybridized carbons (Fsp3) is 0.483. The van der Waals surface area contributed by atoms with Crippen molar-refractivity contribution in [2.75, 3.05) is 19.6 Å². The number of benzene rings is 2. The van der Waals surface area contributed by atoms with Crippen LogP contribution in [0.5, 0.6) is 0 Å². The molecule has 0 bridgehead atoms. The highest BCUT2D eigenvalue weighted by Crippen LogP contribution is 2.36. The number of nitrogens with one attached hydrogen (secondary N) is 1. The maximum Gasteiger partial charge on any atom is 0.199 e. The fourth-order valence-electron chi connectivity index (χ4n) is 6.25. The molecule has 2 atom stereocenters. The number of piperidine rings is 1. The number of likely N-dealkylation sites (tertiary alicyclic amines) is 1. The van der Waals surface area contributed by atoms with Gasteiger partial charge in [-0.1, -0.05) is 24.2 Å². The Morgan fingerprint density at radius 3 is 2.50 bits per heavy atom. The second-order valence-electron chi connectivity index (χ2n) is 10.8. The van der Waals surface area contributed by atoms with Crippen LogP contribution in [0, 0.1) is 11.8 Å². The van der Waals surface area contributed by atoms with E-state index < -0.39 is 0 Å². The van der Waals surface area contributed by atoms with E-state index in [4.69, 9.17) is 0 Å². The standard InChI is InChI=1S/C29H37N4O2P/c1-6-19-14-22-26(28(36)24(19)20-9-11-32(12-10-20)15-18(5)31-35)33(16(2)3)29-25(27(22)34)21-8-7-17(4)13-23(21)30-29/h7-8,13-14,16,18,20,30H,6,9-12,15,36H2,1-5H3. The lowest BCUT2D eigenvalue weighted by Crippen LogP contribution is -2.38. The Kier molecular flexibility index (Phi) is 6.78. The summed E-state index contributed by atoms with van der Waals surface area (Å²) in [5.74, 6) is 0.435. The van der Waals surface area contributed by atoms with Gasteiger partial charge in [0.1, 0.15) is 11.7 Å². The minimum absolute atomic E-state index is 0.113. The molecule has 0 spiro atoms. The van der Waals surface area contributed by atoms with Crippen LogP contribution in [0.3, 0.4) is 0 Å². The van der Waals surface area contributed by atoms with Gasteiger partial charge >= 0.3 is 0 Å². The molecule has 0 amide bonds. The number of aromatic nitrogens is 2. The van der Waals surface area contributed by atoms with E-state index in [2.05, 4.69) is 80.8 Å². The summed E-state index contributed by atoms with van der Waals surface area (Å²) in [6.45, 7) is 13.2. The van der Waals surface area contributed by atoms with Crippen LogP contribution in [0.25, 0.3) is 32.8 Å². The summed E-state index contributed by atoms with van der Waals surface area (Å²) in [4.78, 5) is 30.9. The Labute approximate surface area is 214 Å². The van der Waals surface area contributed by atoms with Gasteiger partial charge < -0.3 is 14.5 Å². The van der Waals surface area contributed by atoms with Crippen LogP contribution in [0.1, 0.15) is 69.2 Å².